The van der Waals surface area contributed by atoms with Gasteiger partial charge < -0.3 is 0 Å². The Kier molecular flexibility index (Phi) is 5.25. The molecule has 3 rings (SSSR count). The number of fused-ring (bicyclic) bond motifs is 3. The Morgan fingerprint density at radius 2 is 1.83 bits per heavy atom. The molecule has 0 spiro atoms. The van der Waals surface area contributed by atoms with Gasteiger partial charge in [-0.1, -0.05) is 59.6 Å². The molecule has 0 aromatic heterocycles. The van der Waals surface area contributed by atoms with Crippen molar-refractivity contribution in [3.05, 3.63) is 12.2 Å². The van der Waals surface area contributed by atoms with Crippen LogP contribution in [0.3, 0.4) is 0 Å². The molecule has 0 aromatic rings. The van der Waals surface area contributed by atoms with Crippen molar-refractivity contribution in [2.75, 3.05) is 0 Å². The molecule has 0 radical (unpaired) electrons. The smallest absolute Gasteiger partial charge is 0.0266 e. The van der Waals surface area contributed by atoms with Crippen LogP contribution in [0.5, 0.6) is 0 Å². The summed E-state index contributed by atoms with van der Waals surface area (Å²) in [6.45, 7) is 16.9. The summed E-state index contributed by atoms with van der Waals surface area (Å²) in [6.07, 6.45) is 14.5. The molecule has 24 heavy (non-hydrogen) atoms. The lowest BCUT2D eigenvalue weighted by atomic mass is 9.45. The van der Waals surface area contributed by atoms with E-state index in [9.17, 15) is 0 Å². The Hall–Kier alpha value is -0.260. The summed E-state index contributed by atoms with van der Waals surface area (Å²) in [6, 6.07) is 0. The highest BCUT2D eigenvalue weighted by Crippen LogP contribution is 2.66. The summed E-state index contributed by atoms with van der Waals surface area (Å²) in [5.41, 5.74) is 2.72. The van der Waals surface area contributed by atoms with Crippen LogP contribution >= 0.6 is 0 Å². The van der Waals surface area contributed by atoms with Crippen molar-refractivity contribution in [1.29, 1.82) is 0 Å². The highest BCUT2D eigenvalue weighted by molar-refractivity contribution is 5.09. The van der Waals surface area contributed by atoms with Gasteiger partial charge in [-0.05, 0) is 91.8 Å². The van der Waals surface area contributed by atoms with E-state index < -0.39 is 0 Å². The monoisotopic (exact) mass is 330 g/mol. The zero-order valence-corrected chi connectivity index (χ0v) is 17.2. The normalized spacial score (nSPS) is 44.0. The highest BCUT2D eigenvalue weighted by atomic mass is 14.6. The van der Waals surface area contributed by atoms with E-state index in [2.05, 4.69) is 41.2 Å². The summed E-state index contributed by atoms with van der Waals surface area (Å²) in [4.78, 5) is 0. The van der Waals surface area contributed by atoms with Gasteiger partial charge >= 0.3 is 0 Å². The summed E-state index contributed by atoms with van der Waals surface area (Å²) in [7, 11) is 0. The van der Waals surface area contributed by atoms with Gasteiger partial charge in [0, 0.05) is 0 Å². The first-order valence-corrected chi connectivity index (χ1v) is 11.0. The molecule has 0 N–H and O–H groups in total. The van der Waals surface area contributed by atoms with E-state index in [1.54, 1.807) is 6.42 Å². The fourth-order valence-corrected chi connectivity index (χ4v) is 7.79. The Labute approximate surface area is 151 Å². The van der Waals surface area contributed by atoms with Gasteiger partial charge in [0.1, 0.15) is 0 Å². The molecular formula is C24H42. The topological polar surface area (TPSA) is 0 Å². The van der Waals surface area contributed by atoms with Crippen molar-refractivity contribution in [2.45, 2.75) is 98.8 Å². The first-order valence-electron chi connectivity index (χ1n) is 11.0. The van der Waals surface area contributed by atoms with E-state index in [-0.39, 0.29) is 0 Å². The SMILES string of the molecule is C=C(CC)CC1C(C)CC2C(CC[C@]3(CCC)CCCC23)C1(C)C. The van der Waals surface area contributed by atoms with Gasteiger partial charge in [0.25, 0.3) is 0 Å². The molecule has 5 unspecified atom stereocenters. The first kappa shape index (κ1) is 18.5. The maximum absolute atomic E-state index is 4.36. The van der Waals surface area contributed by atoms with E-state index >= 15 is 0 Å². The van der Waals surface area contributed by atoms with Crippen LogP contribution in [0.15, 0.2) is 12.2 Å². The third-order valence-electron chi connectivity index (χ3n) is 8.96. The summed E-state index contributed by atoms with van der Waals surface area (Å²) < 4.78 is 0. The van der Waals surface area contributed by atoms with Crippen LogP contribution in [0.4, 0.5) is 0 Å². The summed E-state index contributed by atoms with van der Waals surface area (Å²) >= 11 is 0. The molecule has 3 aliphatic carbocycles. The maximum atomic E-state index is 4.36. The first-order chi connectivity index (χ1) is 11.4. The molecule has 3 saturated carbocycles. The van der Waals surface area contributed by atoms with Gasteiger partial charge in [-0.15, -0.1) is 0 Å². The molecule has 0 saturated heterocycles. The quantitative estimate of drug-likeness (QED) is 0.454. The second-order valence-electron chi connectivity index (χ2n) is 10.4. The van der Waals surface area contributed by atoms with Gasteiger partial charge in [-0.3, -0.25) is 0 Å². The van der Waals surface area contributed by atoms with Crippen molar-refractivity contribution in [3.8, 4) is 0 Å². The van der Waals surface area contributed by atoms with Crippen molar-refractivity contribution < 1.29 is 0 Å². The summed E-state index contributed by atoms with van der Waals surface area (Å²) in [5, 5.41) is 0. The van der Waals surface area contributed by atoms with Crippen LogP contribution in [0, 0.1) is 40.4 Å². The van der Waals surface area contributed by atoms with Crippen LogP contribution in [-0.4, -0.2) is 0 Å². The molecular weight excluding hydrogens is 288 g/mol. The fraction of sp³-hybridized carbons (Fsp3) is 0.917. The predicted molar refractivity (Wildman–Crippen MR) is 106 cm³/mol. The molecule has 0 aliphatic heterocycles. The van der Waals surface area contributed by atoms with Crippen LogP contribution in [-0.2, 0) is 0 Å². The van der Waals surface area contributed by atoms with Crippen LogP contribution in [0.1, 0.15) is 98.8 Å². The molecule has 3 aliphatic rings. The zero-order chi connectivity index (χ0) is 17.5. The lowest BCUT2D eigenvalue weighted by molar-refractivity contribution is -0.106. The maximum Gasteiger partial charge on any atom is -0.0266 e. The molecule has 3 fully saturated rings. The minimum absolute atomic E-state index is 0.501. The molecule has 0 heterocycles. The molecule has 0 nitrogen and oxygen atoms in total. The number of hydrogen-bond acceptors (Lipinski definition) is 0. The van der Waals surface area contributed by atoms with E-state index in [0.29, 0.717) is 5.41 Å². The largest absolute Gasteiger partial charge is 0.0999 e. The minimum Gasteiger partial charge on any atom is -0.0999 e. The lowest BCUT2D eigenvalue weighted by Gasteiger charge is -2.60. The third-order valence-corrected chi connectivity index (χ3v) is 8.96. The average Bonchev–Trinajstić information content (AvgIpc) is 2.95. The third kappa shape index (κ3) is 2.90. The molecule has 0 bridgehead atoms. The lowest BCUT2D eigenvalue weighted by Crippen LogP contribution is -2.52. The number of allylic oxidation sites excluding steroid dienone is 1. The summed E-state index contributed by atoms with van der Waals surface area (Å²) in [5.74, 6) is 4.77. The standard InChI is InChI=1S/C24H42/c1-7-12-24-13-9-10-21(24)19-16-18(4)22(15-17(3)8-2)23(5,6)20(19)11-14-24/h18-22H,3,7-16H2,1-2,4-6H3/t18?,19?,20?,21?,22?,24-/m0/s1. The van der Waals surface area contributed by atoms with Gasteiger partial charge in [-0.2, -0.15) is 0 Å². The van der Waals surface area contributed by atoms with Gasteiger partial charge in [0.15, 0.2) is 0 Å². The molecule has 0 heteroatoms. The number of rotatable bonds is 5. The van der Waals surface area contributed by atoms with Crippen molar-refractivity contribution >= 4 is 0 Å². The highest BCUT2D eigenvalue weighted by Gasteiger charge is 2.57. The Morgan fingerprint density at radius 3 is 2.50 bits per heavy atom. The molecule has 6 atom stereocenters. The molecule has 0 aromatic carbocycles. The van der Waals surface area contributed by atoms with Crippen molar-refractivity contribution in [2.24, 2.45) is 40.4 Å². The van der Waals surface area contributed by atoms with Gasteiger partial charge in [-0.25, -0.2) is 0 Å². The Morgan fingerprint density at radius 1 is 1.08 bits per heavy atom. The van der Waals surface area contributed by atoms with E-state index in [0.717, 1.165) is 41.4 Å². The van der Waals surface area contributed by atoms with Crippen molar-refractivity contribution in [3.63, 3.8) is 0 Å². The van der Waals surface area contributed by atoms with E-state index in [4.69, 9.17) is 0 Å². The average molecular weight is 331 g/mol. The molecule has 0 amide bonds. The predicted octanol–water partition coefficient (Wildman–Crippen LogP) is 7.64. The van der Waals surface area contributed by atoms with Crippen LogP contribution in [0.2, 0.25) is 0 Å². The van der Waals surface area contributed by atoms with Gasteiger partial charge in [0.2, 0.25) is 0 Å². The Bertz CT molecular complexity index is 459. The number of hydrogen-bond donors (Lipinski definition) is 0. The van der Waals surface area contributed by atoms with Crippen LogP contribution < -0.4 is 0 Å². The van der Waals surface area contributed by atoms with Crippen molar-refractivity contribution in [1.82, 2.24) is 0 Å². The fourth-order valence-electron chi connectivity index (χ4n) is 7.79. The second-order valence-corrected chi connectivity index (χ2v) is 10.4. The van der Waals surface area contributed by atoms with E-state index in [1.165, 1.54) is 56.9 Å². The van der Waals surface area contributed by atoms with Gasteiger partial charge in [0.05, 0.1) is 0 Å². The Balaban J connectivity index is 1.84. The van der Waals surface area contributed by atoms with E-state index in [1.807, 2.05) is 0 Å². The second kappa shape index (κ2) is 6.81. The zero-order valence-electron chi connectivity index (χ0n) is 17.2. The minimum atomic E-state index is 0.501. The molecule has 138 valence electrons. The van der Waals surface area contributed by atoms with Crippen LogP contribution in [0.25, 0.3) is 0 Å².